The molecule has 1 aliphatic rings. The summed E-state index contributed by atoms with van der Waals surface area (Å²) in [6.07, 6.45) is 7.19. The Morgan fingerprint density at radius 2 is 2.07 bits per heavy atom. The molecule has 2 heterocycles. The molecule has 1 saturated carbocycles. The van der Waals surface area contributed by atoms with E-state index in [0.717, 1.165) is 31.1 Å². The quantitative estimate of drug-likeness (QED) is 0.600. The number of ether oxygens (including phenoxy) is 1. The van der Waals surface area contributed by atoms with Crippen LogP contribution in [0.5, 0.6) is 5.75 Å². The van der Waals surface area contributed by atoms with Gasteiger partial charge in [-0.15, -0.1) is 0 Å². The van der Waals surface area contributed by atoms with E-state index in [-0.39, 0.29) is 11.8 Å². The van der Waals surface area contributed by atoms with Crippen LogP contribution in [0.1, 0.15) is 41.6 Å². The van der Waals surface area contributed by atoms with Crippen molar-refractivity contribution in [2.45, 2.75) is 37.8 Å². The third kappa shape index (κ3) is 3.50. The van der Waals surface area contributed by atoms with Crippen molar-refractivity contribution in [3.63, 3.8) is 0 Å². The van der Waals surface area contributed by atoms with E-state index < -0.39 is 0 Å². The minimum atomic E-state index is -0.0938. The van der Waals surface area contributed by atoms with Crippen molar-refractivity contribution < 1.29 is 9.53 Å². The number of nitrogens with zero attached hydrogens (tertiary/aromatic N) is 2. The number of methoxy groups -OCH3 is 1. The summed E-state index contributed by atoms with van der Waals surface area (Å²) in [6.45, 7) is 0. The highest BCUT2D eigenvalue weighted by atomic mass is 16.5. The Hall–Kier alpha value is -2.93. The van der Waals surface area contributed by atoms with E-state index in [1.165, 1.54) is 6.33 Å². The van der Waals surface area contributed by atoms with Crippen LogP contribution < -0.4 is 15.8 Å². The van der Waals surface area contributed by atoms with Gasteiger partial charge in [-0.3, -0.25) is 4.79 Å². The fraction of sp³-hybridized carbons (Fsp3) is 0.350. The van der Waals surface area contributed by atoms with Gasteiger partial charge in [0, 0.05) is 23.8 Å². The van der Waals surface area contributed by atoms with E-state index in [0.29, 0.717) is 34.4 Å². The Morgan fingerprint density at radius 1 is 1.26 bits per heavy atom. The standard InChI is InChI=1S/C20H23N5O2/c1-27-15-4-2-3-12(9-15)18(26)16-10-22-19-17(16)20(24-11-23-19)25-14-7-5-13(21)6-8-14/h2-4,9-11,13-14H,5-8,21H2,1H3,(H2,22,23,24,25)/t13-,14+. The van der Waals surface area contributed by atoms with E-state index in [4.69, 9.17) is 10.5 Å². The summed E-state index contributed by atoms with van der Waals surface area (Å²) in [5.41, 5.74) is 7.76. The van der Waals surface area contributed by atoms with Gasteiger partial charge in [-0.2, -0.15) is 0 Å². The van der Waals surface area contributed by atoms with Gasteiger partial charge in [0.15, 0.2) is 5.78 Å². The molecule has 4 rings (SSSR count). The van der Waals surface area contributed by atoms with E-state index >= 15 is 0 Å². The van der Waals surface area contributed by atoms with E-state index in [1.807, 2.05) is 12.1 Å². The molecule has 0 amide bonds. The van der Waals surface area contributed by atoms with Crippen LogP contribution in [0.3, 0.4) is 0 Å². The van der Waals surface area contributed by atoms with Crippen LogP contribution in [0.25, 0.3) is 11.0 Å². The Bertz CT molecular complexity index is 960. The summed E-state index contributed by atoms with van der Waals surface area (Å²) < 4.78 is 5.24. The number of H-pyrrole nitrogens is 1. The Morgan fingerprint density at radius 3 is 2.85 bits per heavy atom. The normalized spacial score (nSPS) is 19.8. The molecule has 0 radical (unpaired) electrons. The smallest absolute Gasteiger partial charge is 0.195 e. The van der Waals surface area contributed by atoms with E-state index in [2.05, 4.69) is 20.3 Å². The van der Waals surface area contributed by atoms with Gasteiger partial charge >= 0.3 is 0 Å². The third-order valence-electron chi connectivity index (χ3n) is 5.16. The molecule has 0 atom stereocenters. The summed E-state index contributed by atoms with van der Waals surface area (Å²) in [5.74, 6) is 1.24. The highest BCUT2D eigenvalue weighted by Gasteiger charge is 2.23. The first-order chi connectivity index (χ1) is 13.2. The lowest BCUT2D eigenvalue weighted by atomic mass is 9.92. The number of aromatic amines is 1. The number of rotatable bonds is 5. The van der Waals surface area contributed by atoms with Crippen molar-refractivity contribution in [3.05, 3.63) is 47.9 Å². The Balaban J connectivity index is 1.68. The molecule has 140 valence electrons. The van der Waals surface area contributed by atoms with E-state index in [9.17, 15) is 4.79 Å². The van der Waals surface area contributed by atoms with Crippen molar-refractivity contribution in [1.29, 1.82) is 0 Å². The van der Waals surface area contributed by atoms with Gasteiger partial charge in [-0.25, -0.2) is 9.97 Å². The highest BCUT2D eigenvalue weighted by molar-refractivity contribution is 6.18. The first-order valence-electron chi connectivity index (χ1n) is 9.18. The topological polar surface area (TPSA) is 106 Å². The largest absolute Gasteiger partial charge is 0.497 e. The van der Waals surface area contributed by atoms with Crippen LogP contribution in [0, 0.1) is 0 Å². The van der Waals surface area contributed by atoms with Crippen LogP contribution in [-0.4, -0.2) is 39.9 Å². The maximum Gasteiger partial charge on any atom is 0.195 e. The highest BCUT2D eigenvalue weighted by Crippen LogP contribution is 2.29. The van der Waals surface area contributed by atoms with Crippen molar-refractivity contribution in [2.24, 2.45) is 5.73 Å². The lowest BCUT2D eigenvalue weighted by Gasteiger charge is -2.27. The molecule has 0 bridgehead atoms. The molecule has 1 aliphatic carbocycles. The van der Waals surface area contributed by atoms with Crippen LogP contribution >= 0.6 is 0 Å². The second-order valence-electron chi connectivity index (χ2n) is 6.97. The molecule has 4 N–H and O–H groups in total. The average Bonchev–Trinajstić information content (AvgIpc) is 3.14. The molecular formula is C20H23N5O2. The minimum absolute atomic E-state index is 0.0938. The number of hydrogen-bond donors (Lipinski definition) is 3. The van der Waals surface area contributed by atoms with Gasteiger partial charge in [0.05, 0.1) is 18.1 Å². The predicted molar refractivity (Wildman–Crippen MR) is 104 cm³/mol. The van der Waals surface area contributed by atoms with Gasteiger partial charge in [0.2, 0.25) is 0 Å². The number of aromatic nitrogens is 3. The minimum Gasteiger partial charge on any atom is -0.497 e. The number of nitrogens with two attached hydrogens (primary N) is 1. The lowest BCUT2D eigenvalue weighted by molar-refractivity contribution is 0.104. The maximum absolute atomic E-state index is 13.1. The number of hydrogen-bond acceptors (Lipinski definition) is 6. The van der Waals surface area contributed by atoms with Crippen LogP contribution in [0.4, 0.5) is 5.82 Å². The van der Waals surface area contributed by atoms with Crippen molar-refractivity contribution >= 4 is 22.6 Å². The fourth-order valence-corrected chi connectivity index (χ4v) is 3.63. The van der Waals surface area contributed by atoms with Crippen LogP contribution in [0.15, 0.2) is 36.8 Å². The number of carbonyl (C=O) groups is 1. The predicted octanol–water partition coefficient (Wildman–Crippen LogP) is 2.88. The Labute approximate surface area is 157 Å². The van der Waals surface area contributed by atoms with Gasteiger partial charge in [-0.05, 0) is 37.8 Å². The summed E-state index contributed by atoms with van der Waals surface area (Å²) in [4.78, 5) is 24.9. The SMILES string of the molecule is COc1cccc(C(=O)c2c[nH]c3ncnc(N[C@H]4CC[C@@H](N)CC4)c23)c1. The summed E-state index contributed by atoms with van der Waals surface area (Å²) in [5, 5.41) is 4.22. The maximum atomic E-state index is 13.1. The third-order valence-corrected chi connectivity index (χ3v) is 5.16. The molecule has 7 heteroatoms. The summed E-state index contributed by atoms with van der Waals surface area (Å²) in [7, 11) is 1.58. The number of nitrogens with one attached hydrogen (secondary N) is 2. The molecule has 27 heavy (non-hydrogen) atoms. The first-order valence-corrected chi connectivity index (χ1v) is 9.18. The van der Waals surface area contributed by atoms with Gasteiger partial charge in [0.25, 0.3) is 0 Å². The zero-order valence-electron chi connectivity index (χ0n) is 15.2. The molecule has 3 aromatic rings. The summed E-state index contributed by atoms with van der Waals surface area (Å²) in [6, 6.07) is 7.73. The zero-order chi connectivity index (χ0) is 18.8. The van der Waals surface area contributed by atoms with Crippen LogP contribution in [-0.2, 0) is 0 Å². The molecule has 0 spiro atoms. The number of benzene rings is 1. The van der Waals surface area contributed by atoms with Gasteiger partial charge < -0.3 is 20.8 Å². The van der Waals surface area contributed by atoms with Crippen LogP contribution in [0.2, 0.25) is 0 Å². The number of fused-ring (bicyclic) bond motifs is 1. The molecule has 0 aliphatic heterocycles. The van der Waals surface area contributed by atoms with Gasteiger partial charge in [0.1, 0.15) is 23.5 Å². The molecule has 2 aromatic heterocycles. The molecule has 1 fully saturated rings. The number of ketones is 1. The lowest BCUT2D eigenvalue weighted by Crippen LogP contribution is -2.33. The zero-order valence-corrected chi connectivity index (χ0v) is 15.2. The molecular weight excluding hydrogens is 342 g/mol. The fourth-order valence-electron chi connectivity index (χ4n) is 3.63. The van der Waals surface area contributed by atoms with Crippen molar-refractivity contribution in [1.82, 2.24) is 15.0 Å². The first kappa shape index (κ1) is 17.5. The molecule has 1 aromatic carbocycles. The Kier molecular flexibility index (Phi) is 4.77. The molecule has 0 unspecified atom stereocenters. The molecule has 0 saturated heterocycles. The summed E-state index contributed by atoms with van der Waals surface area (Å²) >= 11 is 0. The van der Waals surface area contributed by atoms with E-state index in [1.54, 1.807) is 25.4 Å². The second-order valence-corrected chi connectivity index (χ2v) is 6.97. The number of anilines is 1. The van der Waals surface area contributed by atoms with Crippen molar-refractivity contribution in [2.75, 3.05) is 12.4 Å². The average molecular weight is 365 g/mol. The van der Waals surface area contributed by atoms with Gasteiger partial charge in [-0.1, -0.05) is 12.1 Å². The number of carbonyl (C=O) groups excluding carboxylic acids is 1. The second kappa shape index (κ2) is 7.36. The molecule has 7 nitrogen and oxygen atoms in total. The van der Waals surface area contributed by atoms with Crippen molar-refractivity contribution in [3.8, 4) is 5.75 Å². The monoisotopic (exact) mass is 365 g/mol.